The molecule has 0 fully saturated rings. The lowest BCUT2D eigenvalue weighted by Gasteiger charge is -2.13. The fourth-order valence-electron chi connectivity index (χ4n) is 2.97. The van der Waals surface area contributed by atoms with Crippen molar-refractivity contribution in [3.05, 3.63) is 65.2 Å². The van der Waals surface area contributed by atoms with Crippen molar-refractivity contribution in [1.82, 2.24) is 19.7 Å². The van der Waals surface area contributed by atoms with Gasteiger partial charge in [0.1, 0.15) is 5.82 Å². The second-order valence-electron chi connectivity index (χ2n) is 6.48. The predicted molar refractivity (Wildman–Crippen MR) is 106 cm³/mol. The zero-order valence-corrected chi connectivity index (χ0v) is 17.2. The van der Waals surface area contributed by atoms with E-state index in [1.165, 1.54) is 36.2 Å². The quantitative estimate of drug-likeness (QED) is 0.431. The predicted octanol–water partition coefficient (Wildman–Crippen LogP) is 4.67. The van der Waals surface area contributed by atoms with E-state index >= 15 is 0 Å². The topological polar surface area (TPSA) is 79.1 Å². The molecule has 10 heteroatoms. The van der Waals surface area contributed by atoms with Gasteiger partial charge in [0.2, 0.25) is 11.8 Å². The zero-order chi connectivity index (χ0) is 22.8. The molecule has 0 aliphatic heterocycles. The summed E-state index contributed by atoms with van der Waals surface area (Å²) in [6, 6.07) is 6.23. The van der Waals surface area contributed by atoms with Crippen molar-refractivity contribution in [2.24, 2.45) is 0 Å². The number of allylic oxidation sites excluding steroid dienone is 1. The van der Waals surface area contributed by atoms with Gasteiger partial charge in [0.25, 0.3) is 0 Å². The Labute approximate surface area is 176 Å². The molecule has 0 unspecified atom stereocenters. The first-order valence-electron chi connectivity index (χ1n) is 9.15. The number of benzene rings is 1. The molecule has 0 spiro atoms. The first kappa shape index (κ1) is 22.0. The molecule has 31 heavy (non-hydrogen) atoms. The second kappa shape index (κ2) is 8.58. The lowest BCUT2D eigenvalue weighted by Crippen LogP contribution is -2.10. The Balaban J connectivity index is 1.99. The molecule has 0 amide bonds. The number of hydrogen-bond donors (Lipinski definition) is 0. The second-order valence-corrected chi connectivity index (χ2v) is 6.48. The van der Waals surface area contributed by atoms with Gasteiger partial charge >= 0.3 is 12.1 Å². The van der Waals surface area contributed by atoms with Crippen molar-refractivity contribution >= 4 is 11.5 Å². The lowest BCUT2D eigenvalue weighted by atomic mass is 10.1. The van der Waals surface area contributed by atoms with Crippen LogP contribution in [0.1, 0.15) is 29.6 Å². The maximum Gasteiger partial charge on any atom is 0.416 e. The summed E-state index contributed by atoms with van der Waals surface area (Å²) in [5, 5.41) is 4.18. The number of carbonyl (C=O) groups is 1. The highest BCUT2D eigenvalue weighted by Crippen LogP contribution is 2.32. The van der Waals surface area contributed by atoms with Crippen molar-refractivity contribution in [1.29, 1.82) is 0 Å². The summed E-state index contributed by atoms with van der Waals surface area (Å²) in [6.07, 6.45) is -1.45. The summed E-state index contributed by atoms with van der Waals surface area (Å²) >= 11 is 0. The third-order valence-electron chi connectivity index (χ3n) is 4.34. The maximum atomic E-state index is 13.0. The van der Waals surface area contributed by atoms with Crippen LogP contribution in [0.25, 0.3) is 11.3 Å². The first-order valence-corrected chi connectivity index (χ1v) is 9.15. The average molecular weight is 432 g/mol. The van der Waals surface area contributed by atoms with E-state index < -0.39 is 17.7 Å². The smallest absolute Gasteiger partial charge is 0.416 e. The number of ether oxygens (including phenoxy) is 2. The van der Waals surface area contributed by atoms with Crippen LogP contribution in [0.4, 0.5) is 13.2 Å². The van der Waals surface area contributed by atoms with Crippen LogP contribution in [0.3, 0.4) is 0 Å². The van der Waals surface area contributed by atoms with Gasteiger partial charge in [-0.25, -0.2) is 14.5 Å². The minimum Gasteiger partial charge on any atom is -0.465 e. The van der Waals surface area contributed by atoms with Gasteiger partial charge in [0.05, 0.1) is 35.2 Å². The van der Waals surface area contributed by atoms with Crippen LogP contribution in [0.5, 0.6) is 11.8 Å². The van der Waals surface area contributed by atoms with Gasteiger partial charge < -0.3 is 9.47 Å². The molecule has 1 aromatic carbocycles. The lowest BCUT2D eigenvalue weighted by molar-refractivity contribution is -0.137. The minimum atomic E-state index is -4.47. The third kappa shape index (κ3) is 4.73. The van der Waals surface area contributed by atoms with Gasteiger partial charge in [-0.15, -0.1) is 5.10 Å². The van der Waals surface area contributed by atoms with Crippen LogP contribution in [0.2, 0.25) is 0 Å². The summed E-state index contributed by atoms with van der Waals surface area (Å²) < 4.78 is 50.8. The monoisotopic (exact) mass is 432 g/mol. The number of esters is 1. The summed E-state index contributed by atoms with van der Waals surface area (Å²) in [7, 11) is 1.26. The number of alkyl halides is 3. The highest BCUT2D eigenvalue weighted by Gasteiger charge is 2.30. The molecule has 0 saturated carbocycles. The number of rotatable bonds is 5. The molecular weight excluding hydrogens is 413 g/mol. The standard InChI is InChI=1S/C21H19F3N4O3/c1-5-16(20(29)30-4)18-12(2)25-13(3)26-19(18)31-17-9-10-28(27-17)15-8-6-7-14(11-15)21(22,23)24/h5-11H,1-4H3. The number of aryl methyl sites for hydroxylation is 2. The van der Waals surface area contributed by atoms with E-state index in [0.717, 1.165) is 12.1 Å². The van der Waals surface area contributed by atoms with Crippen LogP contribution in [0, 0.1) is 13.8 Å². The van der Waals surface area contributed by atoms with E-state index in [1.807, 2.05) is 0 Å². The average Bonchev–Trinajstić information content (AvgIpc) is 3.18. The van der Waals surface area contributed by atoms with Crippen LogP contribution < -0.4 is 4.74 Å². The number of hydrogen-bond acceptors (Lipinski definition) is 6. The van der Waals surface area contributed by atoms with Gasteiger partial charge in [-0.05, 0) is 39.0 Å². The third-order valence-corrected chi connectivity index (χ3v) is 4.34. The number of aromatic nitrogens is 4. The Bertz CT molecular complexity index is 1150. The molecule has 0 bridgehead atoms. The molecule has 162 valence electrons. The van der Waals surface area contributed by atoms with Gasteiger partial charge in [-0.3, -0.25) is 0 Å². The van der Waals surface area contributed by atoms with Gasteiger partial charge in [0, 0.05) is 12.3 Å². The summed E-state index contributed by atoms with van der Waals surface area (Å²) in [5.74, 6) is -0.0134. The van der Waals surface area contributed by atoms with Crippen molar-refractivity contribution in [3.63, 3.8) is 0 Å². The Hall–Kier alpha value is -3.69. The molecule has 2 heterocycles. The van der Waals surface area contributed by atoms with Crippen LogP contribution in [-0.2, 0) is 15.7 Å². The molecule has 3 rings (SSSR count). The maximum absolute atomic E-state index is 13.0. The van der Waals surface area contributed by atoms with Gasteiger partial charge in [0.15, 0.2) is 0 Å². The van der Waals surface area contributed by atoms with Crippen molar-refractivity contribution < 1.29 is 27.4 Å². The molecule has 0 N–H and O–H groups in total. The zero-order valence-electron chi connectivity index (χ0n) is 17.2. The Morgan fingerprint density at radius 2 is 1.90 bits per heavy atom. The van der Waals surface area contributed by atoms with E-state index in [2.05, 4.69) is 15.1 Å². The van der Waals surface area contributed by atoms with E-state index in [0.29, 0.717) is 17.1 Å². The van der Waals surface area contributed by atoms with E-state index in [4.69, 9.17) is 9.47 Å². The molecule has 2 aromatic heterocycles. The molecule has 0 saturated heterocycles. The number of halogens is 3. The summed E-state index contributed by atoms with van der Waals surface area (Å²) in [4.78, 5) is 20.7. The van der Waals surface area contributed by atoms with Gasteiger partial charge in [-0.1, -0.05) is 12.1 Å². The van der Waals surface area contributed by atoms with Crippen molar-refractivity contribution in [2.75, 3.05) is 7.11 Å². The summed E-state index contributed by atoms with van der Waals surface area (Å²) in [6.45, 7) is 5.03. The SMILES string of the molecule is CC=C(C(=O)OC)c1c(C)nc(C)nc1Oc1ccn(-c2cccc(C(F)(F)F)c2)n1. The Morgan fingerprint density at radius 3 is 2.55 bits per heavy atom. The molecule has 3 aromatic rings. The molecule has 0 radical (unpaired) electrons. The van der Waals surface area contributed by atoms with Crippen molar-refractivity contribution in [3.8, 4) is 17.4 Å². The van der Waals surface area contributed by atoms with Gasteiger partial charge in [-0.2, -0.15) is 18.2 Å². The molecular formula is C21H19F3N4O3. The fourth-order valence-corrected chi connectivity index (χ4v) is 2.97. The molecule has 0 aliphatic rings. The fraction of sp³-hybridized carbons (Fsp3) is 0.238. The first-order chi connectivity index (χ1) is 14.6. The molecule has 7 nitrogen and oxygen atoms in total. The minimum absolute atomic E-state index is 0.0801. The number of methoxy groups -OCH3 is 1. The highest BCUT2D eigenvalue weighted by atomic mass is 19.4. The number of nitrogens with zero attached hydrogens (tertiary/aromatic N) is 4. The van der Waals surface area contributed by atoms with E-state index in [1.54, 1.807) is 26.8 Å². The van der Waals surface area contributed by atoms with Crippen LogP contribution >= 0.6 is 0 Å². The Morgan fingerprint density at radius 1 is 1.16 bits per heavy atom. The normalized spacial score (nSPS) is 12.0. The van der Waals surface area contributed by atoms with E-state index in [9.17, 15) is 18.0 Å². The largest absolute Gasteiger partial charge is 0.465 e. The molecule has 0 aliphatic carbocycles. The Kier molecular flexibility index (Phi) is 6.09. The van der Waals surface area contributed by atoms with Crippen molar-refractivity contribution in [2.45, 2.75) is 26.9 Å². The summed E-state index contributed by atoms with van der Waals surface area (Å²) in [5.41, 5.74) is 0.478. The van der Waals surface area contributed by atoms with E-state index in [-0.39, 0.29) is 23.0 Å². The van der Waals surface area contributed by atoms with Crippen LogP contribution in [0.15, 0.2) is 42.6 Å². The highest BCUT2D eigenvalue weighted by molar-refractivity contribution is 6.17. The number of carbonyl (C=O) groups excluding carboxylic acids is 1. The molecule has 0 atom stereocenters. The van der Waals surface area contributed by atoms with Crippen LogP contribution in [-0.4, -0.2) is 32.8 Å².